The molecule has 0 fully saturated rings. The van der Waals surface area contributed by atoms with E-state index in [2.05, 4.69) is 10.3 Å². The van der Waals surface area contributed by atoms with Crippen molar-refractivity contribution in [2.24, 2.45) is 0 Å². The number of aromatic nitrogens is 1. The standard InChI is InChI=1S/C21H21N3O3S/c1-3-24(17-7-5-4-6-8-17)19(25)13-16-14-28-21(22-16)23-20(26)15-9-11-18(27-2)12-10-15/h4-12,14H,3,13H2,1-2H3,(H,22,23,26). The third kappa shape index (κ3) is 4.75. The van der Waals surface area contributed by atoms with Gasteiger partial charge >= 0.3 is 0 Å². The summed E-state index contributed by atoms with van der Waals surface area (Å²) in [7, 11) is 1.57. The minimum absolute atomic E-state index is 0.0352. The summed E-state index contributed by atoms with van der Waals surface area (Å²) in [5.41, 5.74) is 2.00. The molecule has 1 N–H and O–H groups in total. The van der Waals surface area contributed by atoms with E-state index in [9.17, 15) is 9.59 Å². The average molecular weight is 395 g/mol. The molecular weight excluding hydrogens is 374 g/mol. The highest BCUT2D eigenvalue weighted by molar-refractivity contribution is 7.14. The Morgan fingerprint density at radius 2 is 1.82 bits per heavy atom. The number of hydrogen-bond donors (Lipinski definition) is 1. The Balaban J connectivity index is 1.63. The summed E-state index contributed by atoms with van der Waals surface area (Å²) in [5, 5.41) is 5.02. The number of nitrogens with one attached hydrogen (secondary N) is 1. The predicted molar refractivity (Wildman–Crippen MR) is 111 cm³/mol. The fraction of sp³-hybridized carbons (Fsp3) is 0.190. The van der Waals surface area contributed by atoms with Gasteiger partial charge < -0.3 is 9.64 Å². The second-order valence-corrected chi connectivity index (χ2v) is 6.84. The van der Waals surface area contributed by atoms with Crippen molar-refractivity contribution in [1.82, 2.24) is 4.98 Å². The minimum atomic E-state index is -0.255. The molecule has 7 heteroatoms. The lowest BCUT2D eigenvalue weighted by Gasteiger charge is -2.20. The van der Waals surface area contributed by atoms with Crippen molar-refractivity contribution in [3.63, 3.8) is 0 Å². The van der Waals surface area contributed by atoms with E-state index in [0.29, 0.717) is 28.7 Å². The van der Waals surface area contributed by atoms with Crippen molar-refractivity contribution in [1.29, 1.82) is 0 Å². The van der Waals surface area contributed by atoms with Gasteiger partial charge in [0.2, 0.25) is 5.91 Å². The highest BCUT2D eigenvalue weighted by atomic mass is 32.1. The normalized spacial score (nSPS) is 10.4. The van der Waals surface area contributed by atoms with Gasteiger partial charge in [-0.2, -0.15) is 0 Å². The van der Waals surface area contributed by atoms with E-state index in [4.69, 9.17) is 4.74 Å². The smallest absolute Gasteiger partial charge is 0.257 e. The van der Waals surface area contributed by atoms with Crippen LogP contribution in [0, 0.1) is 0 Å². The molecule has 0 spiro atoms. The Labute approximate surface area is 167 Å². The number of rotatable bonds is 7. The van der Waals surface area contributed by atoms with Gasteiger partial charge in [-0.1, -0.05) is 18.2 Å². The number of anilines is 2. The van der Waals surface area contributed by atoms with Gasteiger partial charge in [0, 0.05) is 23.2 Å². The first-order valence-electron chi connectivity index (χ1n) is 8.86. The van der Waals surface area contributed by atoms with Crippen molar-refractivity contribution in [3.05, 3.63) is 71.2 Å². The molecule has 0 aliphatic rings. The minimum Gasteiger partial charge on any atom is -0.497 e. The average Bonchev–Trinajstić information content (AvgIpc) is 3.16. The van der Waals surface area contributed by atoms with Crippen LogP contribution in [-0.2, 0) is 11.2 Å². The molecule has 0 aliphatic heterocycles. The summed E-state index contributed by atoms with van der Waals surface area (Å²) < 4.78 is 5.09. The van der Waals surface area contributed by atoms with Gasteiger partial charge in [-0.15, -0.1) is 11.3 Å². The van der Waals surface area contributed by atoms with Crippen molar-refractivity contribution in [2.75, 3.05) is 23.9 Å². The van der Waals surface area contributed by atoms with E-state index in [1.807, 2.05) is 37.3 Å². The summed E-state index contributed by atoms with van der Waals surface area (Å²) in [6, 6.07) is 16.4. The molecule has 28 heavy (non-hydrogen) atoms. The number of carbonyl (C=O) groups is 2. The molecular formula is C21H21N3O3S. The number of nitrogens with zero attached hydrogens (tertiary/aromatic N) is 2. The molecule has 0 atom stereocenters. The van der Waals surface area contributed by atoms with Crippen molar-refractivity contribution in [2.45, 2.75) is 13.3 Å². The number of likely N-dealkylation sites (N-methyl/N-ethyl adjacent to an activating group) is 1. The summed E-state index contributed by atoms with van der Waals surface area (Å²) in [6.07, 6.45) is 0.178. The number of ether oxygens (including phenoxy) is 1. The molecule has 0 aliphatic carbocycles. The Kier molecular flexibility index (Phi) is 6.39. The lowest BCUT2D eigenvalue weighted by atomic mass is 10.2. The van der Waals surface area contributed by atoms with E-state index in [1.165, 1.54) is 11.3 Å². The molecule has 144 valence electrons. The van der Waals surface area contributed by atoms with E-state index in [0.717, 1.165) is 5.69 Å². The Morgan fingerprint density at radius 1 is 1.11 bits per heavy atom. The largest absolute Gasteiger partial charge is 0.497 e. The first kappa shape index (κ1) is 19.6. The number of carbonyl (C=O) groups excluding carboxylic acids is 2. The van der Waals surface area contributed by atoms with E-state index >= 15 is 0 Å². The van der Waals surface area contributed by atoms with Crippen LogP contribution in [0.4, 0.5) is 10.8 Å². The van der Waals surface area contributed by atoms with Gasteiger partial charge in [-0.25, -0.2) is 4.98 Å². The van der Waals surface area contributed by atoms with Gasteiger partial charge in [0.1, 0.15) is 5.75 Å². The van der Waals surface area contributed by atoms with Gasteiger partial charge in [0.15, 0.2) is 5.13 Å². The zero-order chi connectivity index (χ0) is 19.9. The van der Waals surface area contributed by atoms with Gasteiger partial charge in [-0.05, 0) is 43.3 Å². The van der Waals surface area contributed by atoms with Crippen molar-refractivity contribution in [3.8, 4) is 5.75 Å². The van der Waals surface area contributed by atoms with E-state index in [1.54, 1.807) is 41.7 Å². The molecule has 3 aromatic rings. The summed E-state index contributed by atoms with van der Waals surface area (Å²) in [6.45, 7) is 2.51. The van der Waals surface area contributed by atoms with Crippen LogP contribution in [-0.4, -0.2) is 30.5 Å². The van der Waals surface area contributed by atoms with Crippen LogP contribution >= 0.6 is 11.3 Å². The van der Waals surface area contributed by atoms with Crippen LogP contribution in [0.25, 0.3) is 0 Å². The highest BCUT2D eigenvalue weighted by Gasteiger charge is 2.16. The van der Waals surface area contributed by atoms with E-state index < -0.39 is 0 Å². The monoisotopic (exact) mass is 395 g/mol. The van der Waals surface area contributed by atoms with Crippen molar-refractivity contribution >= 4 is 34.0 Å². The summed E-state index contributed by atoms with van der Waals surface area (Å²) in [4.78, 5) is 31.1. The molecule has 3 rings (SSSR count). The molecule has 6 nitrogen and oxygen atoms in total. The van der Waals surface area contributed by atoms with Gasteiger partial charge in [0.05, 0.1) is 19.2 Å². The van der Waals surface area contributed by atoms with E-state index in [-0.39, 0.29) is 18.2 Å². The van der Waals surface area contributed by atoms with Crippen LogP contribution < -0.4 is 15.0 Å². The number of thiazole rings is 1. The molecule has 0 unspecified atom stereocenters. The highest BCUT2D eigenvalue weighted by Crippen LogP contribution is 2.20. The third-order valence-corrected chi connectivity index (χ3v) is 4.95. The van der Waals surface area contributed by atoms with Gasteiger partial charge in [-0.3, -0.25) is 14.9 Å². The van der Waals surface area contributed by atoms with Crippen LogP contribution in [0.3, 0.4) is 0 Å². The zero-order valence-corrected chi connectivity index (χ0v) is 16.5. The number of amides is 2. The lowest BCUT2D eigenvalue weighted by molar-refractivity contribution is -0.118. The lowest BCUT2D eigenvalue weighted by Crippen LogP contribution is -2.32. The second-order valence-electron chi connectivity index (χ2n) is 5.98. The molecule has 0 saturated carbocycles. The quantitative estimate of drug-likeness (QED) is 0.656. The molecule has 2 amide bonds. The Bertz CT molecular complexity index is 939. The third-order valence-electron chi connectivity index (χ3n) is 4.14. The zero-order valence-electron chi connectivity index (χ0n) is 15.7. The number of para-hydroxylation sites is 1. The maximum absolute atomic E-state index is 12.6. The molecule has 1 aromatic heterocycles. The maximum Gasteiger partial charge on any atom is 0.257 e. The predicted octanol–water partition coefficient (Wildman–Crippen LogP) is 4.00. The van der Waals surface area contributed by atoms with Crippen LogP contribution in [0.5, 0.6) is 5.75 Å². The number of methoxy groups -OCH3 is 1. The number of hydrogen-bond acceptors (Lipinski definition) is 5. The molecule has 0 saturated heterocycles. The van der Waals surface area contributed by atoms with Crippen LogP contribution in [0.2, 0.25) is 0 Å². The topological polar surface area (TPSA) is 71.5 Å². The summed E-state index contributed by atoms with van der Waals surface area (Å²) in [5.74, 6) is 0.395. The molecule has 1 heterocycles. The fourth-order valence-electron chi connectivity index (χ4n) is 2.72. The summed E-state index contributed by atoms with van der Waals surface area (Å²) >= 11 is 1.30. The first-order valence-corrected chi connectivity index (χ1v) is 9.74. The number of benzene rings is 2. The molecule has 0 bridgehead atoms. The van der Waals surface area contributed by atoms with Crippen LogP contribution in [0.15, 0.2) is 60.0 Å². The van der Waals surface area contributed by atoms with Crippen molar-refractivity contribution < 1.29 is 14.3 Å². The van der Waals surface area contributed by atoms with Gasteiger partial charge in [0.25, 0.3) is 5.91 Å². The molecule has 2 aromatic carbocycles. The Hall–Kier alpha value is -3.19. The Morgan fingerprint density at radius 3 is 2.46 bits per heavy atom. The fourth-order valence-corrected chi connectivity index (χ4v) is 3.42. The maximum atomic E-state index is 12.6. The van der Waals surface area contributed by atoms with Crippen LogP contribution in [0.1, 0.15) is 23.0 Å². The molecule has 0 radical (unpaired) electrons. The SMILES string of the molecule is CCN(C(=O)Cc1csc(NC(=O)c2ccc(OC)cc2)n1)c1ccccc1. The second kappa shape index (κ2) is 9.14. The first-order chi connectivity index (χ1) is 13.6.